The molecule has 0 heterocycles. The summed E-state index contributed by atoms with van der Waals surface area (Å²) >= 11 is 3.01. The van der Waals surface area contributed by atoms with Gasteiger partial charge in [-0.3, -0.25) is 10.1 Å². The lowest BCUT2D eigenvalue weighted by Gasteiger charge is -2.07. The highest BCUT2D eigenvalue weighted by molar-refractivity contribution is 9.10. The molecule has 0 bridgehead atoms. The molecule has 1 N–H and O–H groups in total. The number of nitrogens with zero attached hydrogens (tertiary/aromatic N) is 1. The van der Waals surface area contributed by atoms with Crippen LogP contribution in [0.5, 0.6) is 5.75 Å². The molecule has 16 heavy (non-hydrogen) atoms. The fourth-order valence-corrected chi connectivity index (χ4v) is 1.62. The number of hydrogen-bond acceptors (Lipinski definition) is 4. The molecule has 1 rings (SSSR count). The van der Waals surface area contributed by atoms with Crippen molar-refractivity contribution in [1.82, 2.24) is 0 Å². The van der Waals surface area contributed by atoms with Crippen molar-refractivity contribution in [3.05, 3.63) is 32.3 Å². The third kappa shape index (κ3) is 2.48. The van der Waals surface area contributed by atoms with Crippen LogP contribution in [0.3, 0.4) is 0 Å². The SMILES string of the molecule is CCOc1c(C(=O)O)cc(Br)cc1[N+](=O)[O-]. The van der Waals surface area contributed by atoms with Crippen molar-refractivity contribution in [1.29, 1.82) is 0 Å². The van der Waals surface area contributed by atoms with Crippen molar-refractivity contribution in [3.8, 4) is 5.75 Å². The van der Waals surface area contributed by atoms with Crippen molar-refractivity contribution >= 4 is 27.6 Å². The molecule has 1 aromatic carbocycles. The highest BCUT2D eigenvalue weighted by atomic mass is 79.9. The largest absolute Gasteiger partial charge is 0.487 e. The second-order valence-electron chi connectivity index (χ2n) is 2.80. The third-order valence-electron chi connectivity index (χ3n) is 1.75. The fourth-order valence-electron chi connectivity index (χ4n) is 1.17. The molecule has 0 aliphatic carbocycles. The molecule has 0 saturated heterocycles. The zero-order valence-electron chi connectivity index (χ0n) is 8.27. The molecule has 0 radical (unpaired) electrons. The normalized spacial score (nSPS) is 9.88. The average molecular weight is 290 g/mol. The highest BCUT2D eigenvalue weighted by Crippen LogP contribution is 2.34. The number of rotatable bonds is 4. The van der Waals surface area contributed by atoms with Gasteiger partial charge in [-0.25, -0.2) is 4.79 Å². The van der Waals surface area contributed by atoms with Crippen LogP contribution in [-0.4, -0.2) is 22.6 Å². The second-order valence-corrected chi connectivity index (χ2v) is 3.71. The number of halogens is 1. The third-order valence-corrected chi connectivity index (χ3v) is 2.21. The minimum absolute atomic E-state index is 0.156. The highest BCUT2D eigenvalue weighted by Gasteiger charge is 2.24. The van der Waals surface area contributed by atoms with E-state index in [9.17, 15) is 14.9 Å². The number of carboxylic acids is 1. The molecular weight excluding hydrogens is 282 g/mol. The minimum atomic E-state index is -1.27. The van der Waals surface area contributed by atoms with Crippen LogP contribution in [0.1, 0.15) is 17.3 Å². The van der Waals surface area contributed by atoms with Crippen LogP contribution in [0.2, 0.25) is 0 Å². The summed E-state index contributed by atoms with van der Waals surface area (Å²) in [6.07, 6.45) is 0. The molecular formula is C9H8BrNO5. The van der Waals surface area contributed by atoms with Gasteiger partial charge in [0.15, 0.2) is 0 Å². The number of benzene rings is 1. The zero-order valence-corrected chi connectivity index (χ0v) is 9.85. The molecule has 0 amide bonds. The molecule has 86 valence electrons. The van der Waals surface area contributed by atoms with E-state index in [1.165, 1.54) is 12.1 Å². The summed E-state index contributed by atoms with van der Waals surface area (Å²) in [4.78, 5) is 21.0. The Hall–Kier alpha value is -1.63. The average Bonchev–Trinajstić information content (AvgIpc) is 2.19. The Balaban J connectivity index is 3.47. The molecule has 6 nitrogen and oxygen atoms in total. The number of ether oxygens (including phenoxy) is 1. The first-order chi connectivity index (χ1) is 7.47. The zero-order chi connectivity index (χ0) is 12.3. The number of hydrogen-bond donors (Lipinski definition) is 1. The van der Waals surface area contributed by atoms with E-state index >= 15 is 0 Å². The van der Waals surface area contributed by atoms with Crippen molar-refractivity contribution in [2.24, 2.45) is 0 Å². The van der Waals surface area contributed by atoms with Gasteiger partial charge in [0.2, 0.25) is 5.75 Å². The van der Waals surface area contributed by atoms with Crippen LogP contribution in [0.25, 0.3) is 0 Å². The van der Waals surface area contributed by atoms with Gasteiger partial charge in [0, 0.05) is 10.5 Å². The number of nitro benzene ring substituents is 1. The monoisotopic (exact) mass is 289 g/mol. The van der Waals surface area contributed by atoms with Crippen molar-refractivity contribution in [2.75, 3.05) is 6.61 Å². The summed E-state index contributed by atoms with van der Waals surface area (Å²) in [5.74, 6) is -1.49. The Morgan fingerprint density at radius 3 is 2.69 bits per heavy atom. The Morgan fingerprint density at radius 2 is 2.25 bits per heavy atom. The summed E-state index contributed by atoms with van der Waals surface area (Å²) in [5, 5.41) is 19.6. The predicted molar refractivity (Wildman–Crippen MR) is 58.9 cm³/mol. The molecule has 0 saturated carbocycles. The van der Waals surface area contributed by atoms with Crippen LogP contribution in [0.15, 0.2) is 16.6 Å². The summed E-state index contributed by atoms with van der Waals surface area (Å²) in [6, 6.07) is 2.47. The smallest absolute Gasteiger partial charge is 0.339 e. The van der Waals surface area contributed by atoms with Crippen molar-refractivity contribution in [2.45, 2.75) is 6.92 Å². The quantitative estimate of drug-likeness (QED) is 0.679. The van der Waals surface area contributed by atoms with Crippen molar-refractivity contribution < 1.29 is 19.6 Å². The van der Waals surface area contributed by atoms with E-state index in [0.29, 0.717) is 4.47 Å². The van der Waals surface area contributed by atoms with Gasteiger partial charge < -0.3 is 9.84 Å². The molecule has 0 aliphatic rings. The van der Waals surface area contributed by atoms with Crippen LogP contribution < -0.4 is 4.74 Å². The Bertz CT molecular complexity index is 411. The van der Waals surface area contributed by atoms with Crippen LogP contribution in [0, 0.1) is 10.1 Å². The Labute approximate surface area is 99.1 Å². The van der Waals surface area contributed by atoms with Crippen molar-refractivity contribution in [3.63, 3.8) is 0 Å². The van der Waals surface area contributed by atoms with Crippen LogP contribution in [0.4, 0.5) is 5.69 Å². The lowest BCUT2D eigenvalue weighted by atomic mass is 10.1. The maximum Gasteiger partial charge on any atom is 0.339 e. The minimum Gasteiger partial charge on any atom is -0.487 e. The van der Waals surface area contributed by atoms with Crippen LogP contribution in [-0.2, 0) is 0 Å². The first kappa shape index (κ1) is 12.4. The molecule has 7 heteroatoms. The number of carboxylic acid groups (broad SMARTS) is 1. The van der Waals surface area contributed by atoms with Gasteiger partial charge in [0.1, 0.15) is 5.56 Å². The maximum absolute atomic E-state index is 10.9. The van der Waals surface area contributed by atoms with Gasteiger partial charge in [-0.1, -0.05) is 15.9 Å². The molecule has 0 spiro atoms. The number of aromatic carboxylic acids is 1. The predicted octanol–water partition coefficient (Wildman–Crippen LogP) is 2.45. The molecule has 0 atom stereocenters. The Kier molecular flexibility index (Phi) is 3.83. The Morgan fingerprint density at radius 1 is 1.62 bits per heavy atom. The first-order valence-electron chi connectivity index (χ1n) is 4.31. The van der Waals surface area contributed by atoms with E-state index in [-0.39, 0.29) is 23.6 Å². The van der Waals surface area contributed by atoms with Gasteiger partial charge in [-0.05, 0) is 13.0 Å². The van der Waals surface area contributed by atoms with Gasteiger partial charge >= 0.3 is 11.7 Å². The van der Waals surface area contributed by atoms with E-state index in [1.54, 1.807) is 6.92 Å². The standard InChI is InChI=1S/C9H8BrNO5/c1-2-16-8-6(9(12)13)3-5(10)4-7(8)11(14)15/h3-4H,2H2,1H3,(H,12,13). The maximum atomic E-state index is 10.9. The molecule has 0 fully saturated rings. The molecule has 0 unspecified atom stereocenters. The van der Waals surface area contributed by atoms with Gasteiger partial charge in [0.05, 0.1) is 11.5 Å². The molecule has 1 aromatic rings. The lowest BCUT2D eigenvalue weighted by Crippen LogP contribution is -2.06. The summed E-state index contributed by atoms with van der Waals surface area (Å²) in [7, 11) is 0. The van der Waals surface area contributed by atoms with Crippen LogP contribution >= 0.6 is 15.9 Å². The molecule has 0 aromatic heterocycles. The number of nitro groups is 1. The van der Waals surface area contributed by atoms with E-state index < -0.39 is 10.9 Å². The summed E-state index contributed by atoms with van der Waals surface area (Å²) in [5.41, 5.74) is -0.600. The lowest BCUT2D eigenvalue weighted by molar-refractivity contribution is -0.386. The van der Waals surface area contributed by atoms with E-state index in [1.807, 2.05) is 0 Å². The van der Waals surface area contributed by atoms with E-state index in [0.717, 1.165) is 0 Å². The second kappa shape index (κ2) is 4.93. The fraction of sp³-hybridized carbons (Fsp3) is 0.222. The van der Waals surface area contributed by atoms with E-state index in [2.05, 4.69) is 15.9 Å². The van der Waals surface area contributed by atoms with Gasteiger partial charge in [-0.2, -0.15) is 0 Å². The summed E-state index contributed by atoms with van der Waals surface area (Å²) < 4.78 is 5.32. The van der Waals surface area contributed by atoms with Gasteiger partial charge in [-0.15, -0.1) is 0 Å². The molecule has 0 aliphatic heterocycles. The number of carbonyl (C=O) groups is 1. The first-order valence-corrected chi connectivity index (χ1v) is 5.10. The van der Waals surface area contributed by atoms with E-state index in [4.69, 9.17) is 9.84 Å². The topological polar surface area (TPSA) is 89.7 Å². The van der Waals surface area contributed by atoms with Gasteiger partial charge in [0.25, 0.3) is 0 Å². The summed E-state index contributed by atoms with van der Waals surface area (Å²) in [6.45, 7) is 1.78.